The zero-order valence-corrected chi connectivity index (χ0v) is 10.6. The summed E-state index contributed by atoms with van der Waals surface area (Å²) in [7, 11) is 0. The maximum atomic E-state index is 10.9. The molecule has 8 heteroatoms. The second-order valence-corrected chi connectivity index (χ2v) is 3.98. The number of hydrogen-bond donors (Lipinski definition) is 1. The minimum atomic E-state index is -1.11. The van der Waals surface area contributed by atoms with E-state index >= 15 is 0 Å². The predicted molar refractivity (Wildman–Crippen MR) is 70.6 cm³/mol. The van der Waals surface area contributed by atoms with Crippen LogP contribution in [0.5, 0.6) is 5.75 Å². The van der Waals surface area contributed by atoms with Crippen LogP contribution < -0.4 is 4.74 Å². The summed E-state index contributed by atoms with van der Waals surface area (Å²) in [5, 5.41) is 23.0. The largest absolute Gasteiger partial charge is 0.482 e. The third kappa shape index (κ3) is 3.90. The number of benzene rings is 1. The number of aromatic nitrogens is 1. The molecule has 0 atom stereocenters. The summed E-state index contributed by atoms with van der Waals surface area (Å²) in [4.78, 5) is 20.8. The molecule has 1 aromatic heterocycles. The first kappa shape index (κ1) is 14.3. The Bertz CT molecular complexity index is 678. The molecule has 0 radical (unpaired) electrons. The lowest BCUT2D eigenvalue weighted by molar-refractivity contribution is -0.385. The standard InChI is InChI=1S/C13H10N2O6/c16-13(17)4-2-9-1-3-11(15(18)19)12(5-9)20-7-10-6-14-21-8-10/h1-6,8H,7H2,(H,16,17). The molecule has 0 aliphatic heterocycles. The van der Waals surface area contributed by atoms with E-state index in [1.54, 1.807) is 0 Å². The van der Waals surface area contributed by atoms with Gasteiger partial charge in [0.2, 0.25) is 0 Å². The van der Waals surface area contributed by atoms with Gasteiger partial charge in [0, 0.05) is 17.7 Å². The average molecular weight is 290 g/mol. The minimum absolute atomic E-state index is 0.0359. The van der Waals surface area contributed by atoms with Crippen molar-refractivity contribution in [3.63, 3.8) is 0 Å². The summed E-state index contributed by atoms with van der Waals surface area (Å²) in [6.07, 6.45) is 5.04. The number of rotatable bonds is 6. The molecular weight excluding hydrogens is 280 g/mol. The van der Waals surface area contributed by atoms with Gasteiger partial charge in [0.25, 0.3) is 0 Å². The second-order valence-electron chi connectivity index (χ2n) is 3.98. The number of nitro groups is 1. The first-order chi connectivity index (χ1) is 10.1. The van der Waals surface area contributed by atoms with Crippen LogP contribution in [0, 0.1) is 10.1 Å². The van der Waals surface area contributed by atoms with E-state index in [-0.39, 0.29) is 18.0 Å². The molecule has 2 rings (SSSR count). The van der Waals surface area contributed by atoms with Crippen LogP contribution in [-0.2, 0) is 11.4 Å². The maximum absolute atomic E-state index is 10.9. The van der Waals surface area contributed by atoms with Gasteiger partial charge in [-0.1, -0.05) is 5.16 Å². The van der Waals surface area contributed by atoms with Gasteiger partial charge in [0.15, 0.2) is 5.75 Å². The zero-order chi connectivity index (χ0) is 15.2. The summed E-state index contributed by atoms with van der Waals surface area (Å²) in [6, 6.07) is 4.08. The van der Waals surface area contributed by atoms with E-state index in [0.29, 0.717) is 11.1 Å². The van der Waals surface area contributed by atoms with Gasteiger partial charge in [-0.15, -0.1) is 0 Å². The van der Waals surface area contributed by atoms with Crippen LogP contribution in [0.3, 0.4) is 0 Å². The number of nitro benzene ring substituents is 1. The highest BCUT2D eigenvalue weighted by Gasteiger charge is 2.15. The fourth-order valence-corrected chi connectivity index (χ4v) is 1.53. The van der Waals surface area contributed by atoms with Crippen LogP contribution in [0.4, 0.5) is 5.69 Å². The van der Waals surface area contributed by atoms with Gasteiger partial charge in [-0.3, -0.25) is 10.1 Å². The van der Waals surface area contributed by atoms with Crippen molar-refractivity contribution < 1.29 is 24.1 Å². The molecule has 0 fully saturated rings. The van der Waals surface area contributed by atoms with Gasteiger partial charge < -0.3 is 14.4 Å². The Morgan fingerprint density at radius 3 is 2.95 bits per heavy atom. The smallest absolute Gasteiger partial charge is 0.328 e. The van der Waals surface area contributed by atoms with E-state index in [1.807, 2.05) is 0 Å². The number of carboxylic acids is 1. The lowest BCUT2D eigenvalue weighted by Gasteiger charge is -2.06. The Labute approximate surface area is 118 Å². The summed E-state index contributed by atoms with van der Waals surface area (Å²) in [6.45, 7) is 0.0520. The van der Waals surface area contributed by atoms with E-state index in [0.717, 1.165) is 6.08 Å². The fraction of sp³-hybridized carbons (Fsp3) is 0.0769. The summed E-state index contributed by atoms with van der Waals surface area (Å²) in [5.41, 5.74) is 0.887. The molecule has 0 unspecified atom stereocenters. The van der Waals surface area contributed by atoms with Gasteiger partial charge >= 0.3 is 11.7 Å². The van der Waals surface area contributed by atoms with Crippen molar-refractivity contribution in [1.82, 2.24) is 5.16 Å². The molecule has 2 aromatic rings. The number of nitrogens with zero attached hydrogens (tertiary/aromatic N) is 2. The van der Waals surface area contributed by atoms with Crippen molar-refractivity contribution >= 4 is 17.7 Å². The topological polar surface area (TPSA) is 116 Å². The van der Waals surface area contributed by atoms with Crippen molar-refractivity contribution in [2.75, 3.05) is 0 Å². The van der Waals surface area contributed by atoms with E-state index in [2.05, 4.69) is 9.68 Å². The lowest BCUT2D eigenvalue weighted by Crippen LogP contribution is -1.99. The van der Waals surface area contributed by atoms with Gasteiger partial charge in [0.05, 0.1) is 11.1 Å². The van der Waals surface area contributed by atoms with Crippen molar-refractivity contribution in [3.8, 4) is 5.75 Å². The van der Waals surface area contributed by atoms with Crippen LogP contribution in [0.2, 0.25) is 0 Å². The normalized spacial score (nSPS) is 10.7. The molecule has 108 valence electrons. The van der Waals surface area contributed by atoms with Crippen LogP contribution in [0.25, 0.3) is 6.08 Å². The molecule has 0 saturated carbocycles. The zero-order valence-electron chi connectivity index (χ0n) is 10.6. The Hall–Kier alpha value is -3.16. The highest BCUT2D eigenvalue weighted by molar-refractivity contribution is 5.85. The van der Waals surface area contributed by atoms with Gasteiger partial charge in [-0.25, -0.2) is 4.79 Å². The molecule has 0 aliphatic carbocycles. The van der Waals surface area contributed by atoms with Crippen molar-refractivity contribution in [2.24, 2.45) is 0 Å². The SMILES string of the molecule is O=C(O)C=Cc1ccc([N+](=O)[O-])c(OCc2cnoc2)c1. The highest BCUT2D eigenvalue weighted by Crippen LogP contribution is 2.29. The Morgan fingerprint density at radius 2 is 2.33 bits per heavy atom. The quantitative estimate of drug-likeness (QED) is 0.492. The van der Waals surface area contributed by atoms with E-state index < -0.39 is 10.9 Å². The number of carbonyl (C=O) groups is 1. The first-order valence-electron chi connectivity index (χ1n) is 5.77. The molecule has 8 nitrogen and oxygen atoms in total. The Morgan fingerprint density at radius 1 is 1.52 bits per heavy atom. The first-order valence-corrected chi connectivity index (χ1v) is 5.77. The molecule has 21 heavy (non-hydrogen) atoms. The number of aliphatic carboxylic acids is 1. The van der Waals surface area contributed by atoms with E-state index in [4.69, 9.17) is 9.84 Å². The molecule has 1 aromatic carbocycles. The predicted octanol–water partition coefficient (Wildman–Crippen LogP) is 2.26. The third-order valence-electron chi connectivity index (χ3n) is 2.48. The Balaban J connectivity index is 2.24. The van der Waals surface area contributed by atoms with Crippen LogP contribution >= 0.6 is 0 Å². The molecule has 0 spiro atoms. The average Bonchev–Trinajstić information content (AvgIpc) is 2.96. The molecular formula is C13H10N2O6. The minimum Gasteiger partial charge on any atom is -0.482 e. The highest BCUT2D eigenvalue weighted by atomic mass is 16.6. The summed E-state index contributed by atoms with van der Waals surface area (Å²) in [5.74, 6) is -1.07. The maximum Gasteiger partial charge on any atom is 0.328 e. The second kappa shape index (κ2) is 6.33. The Kier molecular flexibility index (Phi) is 4.30. The fourth-order valence-electron chi connectivity index (χ4n) is 1.53. The number of hydrogen-bond acceptors (Lipinski definition) is 6. The van der Waals surface area contributed by atoms with Crippen molar-refractivity contribution in [1.29, 1.82) is 0 Å². The van der Waals surface area contributed by atoms with E-state index in [9.17, 15) is 14.9 Å². The third-order valence-corrected chi connectivity index (χ3v) is 2.48. The van der Waals surface area contributed by atoms with Crippen LogP contribution in [0.1, 0.15) is 11.1 Å². The molecule has 0 aliphatic rings. The van der Waals surface area contributed by atoms with Crippen LogP contribution in [-0.4, -0.2) is 21.2 Å². The van der Waals surface area contributed by atoms with Gasteiger partial charge in [-0.2, -0.15) is 0 Å². The summed E-state index contributed by atoms with van der Waals surface area (Å²) < 4.78 is 10.00. The molecule has 1 N–H and O–H groups in total. The van der Waals surface area contributed by atoms with E-state index in [1.165, 1.54) is 36.7 Å². The summed E-state index contributed by atoms with van der Waals surface area (Å²) >= 11 is 0. The molecule has 0 bridgehead atoms. The van der Waals surface area contributed by atoms with Gasteiger partial charge in [0.1, 0.15) is 12.9 Å². The van der Waals surface area contributed by atoms with Gasteiger partial charge in [-0.05, 0) is 23.8 Å². The van der Waals surface area contributed by atoms with Crippen LogP contribution in [0.15, 0.2) is 41.3 Å². The molecule has 1 heterocycles. The molecule has 0 amide bonds. The lowest BCUT2D eigenvalue weighted by atomic mass is 10.1. The van der Waals surface area contributed by atoms with Crippen molar-refractivity contribution in [3.05, 3.63) is 58.0 Å². The number of ether oxygens (including phenoxy) is 1. The van der Waals surface area contributed by atoms with Crippen molar-refractivity contribution in [2.45, 2.75) is 6.61 Å². The molecule has 0 saturated heterocycles. The number of carboxylic acid groups (broad SMARTS) is 1. The monoisotopic (exact) mass is 290 g/mol.